The van der Waals surface area contributed by atoms with E-state index in [1.165, 1.54) is 6.92 Å². The van der Waals surface area contributed by atoms with E-state index in [1.807, 2.05) is 12.1 Å². The van der Waals surface area contributed by atoms with E-state index in [-0.39, 0.29) is 66.0 Å². The van der Waals surface area contributed by atoms with Crippen molar-refractivity contribution in [2.75, 3.05) is 18.4 Å². The van der Waals surface area contributed by atoms with Gasteiger partial charge in [-0.25, -0.2) is 8.78 Å². The molecule has 45 heavy (non-hydrogen) atoms. The third kappa shape index (κ3) is 6.59. The maximum absolute atomic E-state index is 14.1. The van der Waals surface area contributed by atoms with Crippen LogP contribution in [0.2, 0.25) is 0 Å². The van der Waals surface area contributed by atoms with Crippen LogP contribution in [0.15, 0.2) is 12.1 Å². The Balaban J connectivity index is 1.35. The minimum absolute atomic E-state index is 0.0151. The van der Waals surface area contributed by atoms with Crippen LogP contribution in [0.25, 0.3) is 10.9 Å². The number of nitrogens with zero attached hydrogens (tertiary/aromatic N) is 3. The van der Waals surface area contributed by atoms with Crippen molar-refractivity contribution in [1.29, 1.82) is 0 Å². The molecule has 1 saturated heterocycles. The van der Waals surface area contributed by atoms with E-state index in [1.54, 1.807) is 9.58 Å². The molecule has 3 amide bonds. The fourth-order valence-electron chi connectivity index (χ4n) is 7.84. The number of ketones is 1. The Morgan fingerprint density at radius 3 is 2.60 bits per heavy atom. The number of aryl methyl sites for hydroxylation is 1. The molecular formula is C32H41BrF2N6O4. The van der Waals surface area contributed by atoms with E-state index in [2.05, 4.69) is 36.2 Å². The van der Waals surface area contributed by atoms with Gasteiger partial charge in [0.1, 0.15) is 18.3 Å². The van der Waals surface area contributed by atoms with Gasteiger partial charge in [-0.05, 0) is 68.6 Å². The number of rotatable bonds is 5. The molecule has 3 fully saturated rings. The van der Waals surface area contributed by atoms with Crippen LogP contribution in [0.5, 0.6) is 0 Å². The Morgan fingerprint density at radius 1 is 1.09 bits per heavy atom. The predicted molar refractivity (Wildman–Crippen MR) is 168 cm³/mol. The standard InChI is InChI=1S/C32H41BrF2N6O4/c1-19(42)28-23-12-22(36-16-20-7-6-10-32(34,35)13-20)11-21-8-4-2-3-5-9-26(43)37-18-31-14-24(30(45)38-33)41(25(31)15-31)27(44)17-40(39-28)29(21)23/h11-12,20,24-25,36H,2-10,13-18H2,1H3,(H,37,43)(H,38,45)/t20?,24-,25+,31-/m0/s1. The lowest BCUT2D eigenvalue weighted by molar-refractivity contribution is -0.139. The molecule has 2 bridgehead atoms. The zero-order valence-corrected chi connectivity index (χ0v) is 27.2. The summed E-state index contributed by atoms with van der Waals surface area (Å²) in [7, 11) is 0. The van der Waals surface area contributed by atoms with Gasteiger partial charge in [0, 0.05) is 78.0 Å². The summed E-state index contributed by atoms with van der Waals surface area (Å²) in [6.45, 7) is 2.12. The lowest BCUT2D eigenvalue weighted by atomic mass is 9.86. The number of carbonyl (C=O) groups excluding carboxylic acids is 4. The highest BCUT2D eigenvalue weighted by molar-refractivity contribution is 9.08. The van der Waals surface area contributed by atoms with Crippen LogP contribution in [-0.2, 0) is 27.3 Å². The van der Waals surface area contributed by atoms with Crippen molar-refractivity contribution < 1.29 is 28.0 Å². The Bertz CT molecular complexity index is 1510. The van der Waals surface area contributed by atoms with Gasteiger partial charge in [-0.2, -0.15) is 5.10 Å². The number of amides is 3. The highest BCUT2D eigenvalue weighted by atomic mass is 79.9. The molecule has 2 aliphatic carbocycles. The first-order chi connectivity index (χ1) is 21.5. The number of piperidine rings is 1. The number of hydrogen-bond donors (Lipinski definition) is 3. The van der Waals surface area contributed by atoms with Crippen molar-refractivity contribution in [3.63, 3.8) is 0 Å². The molecule has 13 heteroatoms. The van der Waals surface area contributed by atoms with Crippen LogP contribution in [-0.4, -0.2) is 69.3 Å². The number of benzene rings is 1. The minimum Gasteiger partial charge on any atom is -0.385 e. The molecule has 1 aromatic heterocycles. The summed E-state index contributed by atoms with van der Waals surface area (Å²) in [5.41, 5.74) is 2.26. The van der Waals surface area contributed by atoms with Crippen molar-refractivity contribution >= 4 is 56.2 Å². The van der Waals surface area contributed by atoms with Crippen LogP contribution in [0.3, 0.4) is 0 Å². The summed E-state index contributed by atoms with van der Waals surface area (Å²) < 4.78 is 32.2. The number of aromatic nitrogens is 2. The lowest BCUT2D eigenvalue weighted by Gasteiger charge is -2.29. The van der Waals surface area contributed by atoms with Gasteiger partial charge in [0.15, 0.2) is 5.78 Å². The summed E-state index contributed by atoms with van der Waals surface area (Å²) in [5, 5.41) is 11.7. The number of hydrogen-bond acceptors (Lipinski definition) is 6. The normalized spacial score (nSPS) is 28.6. The molecule has 0 radical (unpaired) electrons. The van der Waals surface area contributed by atoms with Crippen molar-refractivity contribution in [2.24, 2.45) is 11.3 Å². The summed E-state index contributed by atoms with van der Waals surface area (Å²) in [5.74, 6) is -3.64. The summed E-state index contributed by atoms with van der Waals surface area (Å²) in [4.78, 5) is 54.0. The molecule has 3 heterocycles. The van der Waals surface area contributed by atoms with Crippen molar-refractivity contribution in [3.8, 4) is 0 Å². The van der Waals surface area contributed by atoms with Gasteiger partial charge in [0.25, 0.3) is 5.91 Å². The molecule has 4 atom stereocenters. The average Bonchev–Trinajstić information content (AvgIpc) is 3.41. The second kappa shape index (κ2) is 12.6. The molecule has 10 nitrogen and oxygen atoms in total. The first-order valence-corrected chi connectivity index (χ1v) is 16.9. The summed E-state index contributed by atoms with van der Waals surface area (Å²) in [6.07, 6.45) is 6.64. The van der Waals surface area contributed by atoms with Crippen LogP contribution in [0.4, 0.5) is 14.5 Å². The molecular weight excluding hydrogens is 650 g/mol. The van der Waals surface area contributed by atoms with E-state index in [4.69, 9.17) is 0 Å². The first kappa shape index (κ1) is 31.9. The number of Topliss-reactive ketones (excluding diaryl/α,β-unsaturated/α-hetero) is 1. The summed E-state index contributed by atoms with van der Waals surface area (Å²) >= 11 is 3.03. The number of alkyl halides is 2. The molecule has 0 spiro atoms. The van der Waals surface area contributed by atoms with E-state index in [9.17, 15) is 28.0 Å². The van der Waals surface area contributed by atoms with Crippen molar-refractivity contribution in [1.82, 2.24) is 24.3 Å². The minimum atomic E-state index is -2.64. The molecule has 3 N–H and O–H groups in total. The number of nitrogens with one attached hydrogen (secondary N) is 3. The highest BCUT2D eigenvalue weighted by Gasteiger charge is 2.67. The van der Waals surface area contributed by atoms with Gasteiger partial charge in [-0.1, -0.05) is 12.8 Å². The number of carbonyl (C=O) groups is 4. The maximum Gasteiger partial charge on any atom is 0.252 e. The zero-order valence-electron chi connectivity index (χ0n) is 25.6. The fourth-order valence-corrected chi connectivity index (χ4v) is 8.11. The quantitative estimate of drug-likeness (QED) is 0.303. The lowest BCUT2D eigenvalue weighted by Crippen LogP contribution is -2.47. The van der Waals surface area contributed by atoms with Gasteiger partial charge in [-0.15, -0.1) is 0 Å². The first-order valence-electron chi connectivity index (χ1n) is 16.1. The van der Waals surface area contributed by atoms with E-state index in [0.29, 0.717) is 56.1 Å². The number of anilines is 1. The van der Waals surface area contributed by atoms with Gasteiger partial charge in [-0.3, -0.25) is 28.2 Å². The third-order valence-electron chi connectivity index (χ3n) is 10.2. The Labute approximate surface area is 269 Å². The Morgan fingerprint density at radius 2 is 1.87 bits per heavy atom. The van der Waals surface area contributed by atoms with Crippen LogP contribution in [0.1, 0.15) is 93.6 Å². The molecule has 4 aliphatic rings. The van der Waals surface area contributed by atoms with Crippen molar-refractivity contribution in [2.45, 2.75) is 109 Å². The Kier molecular flexibility index (Phi) is 8.93. The molecule has 244 valence electrons. The summed E-state index contributed by atoms with van der Waals surface area (Å²) in [6, 6.07) is 2.96. The smallest absolute Gasteiger partial charge is 0.252 e. The topological polar surface area (TPSA) is 125 Å². The highest BCUT2D eigenvalue weighted by Crippen LogP contribution is 2.59. The second-order valence-corrected chi connectivity index (χ2v) is 13.9. The fraction of sp³-hybridized carbons (Fsp3) is 0.656. The zero-order chi connectivity index (χ0) is 31.9. The predicted octanol–water partition coefficient (Wildman–Crippen LogP) is 4.88. The van der Waals surface area contributed by atoms with Crippen LogP contribution < -0.4 is 15.0 Å². The largest absolute Gasteiger partial charge is 0.385 e. The molecule has 1 aromatic carbocycles. The van der Waals surface area contributed by atoms with Gasteiger partial charge < -0.3 is 15.5 Å². The maximum atomic E-state index is 14.1. The average molecular weight is 692 g/mol. The monoisotopic (exact) mass is 690 g/mol. The molecule has 2 saturated carbocycles. The Hall–Kier alpha value is -3.09. The van der Waals surface area contributed by atoms with Crippen LogP contribution >= 0.6 is 16.1 Å². The molecule has 1 unspecified atom stereocenters. The van der Waals surface area contributed by atoms with E-state index < -0.39 is 12.0 Å². The van der Waals surface area contributed by atoms with E-state index in [0.717, 1.165) is 43.4 Å². The van der Waals surface area contributed by atoms with Crippen molar-refractivity contribution in [3.05, 3.63) is 23.4 Å². The number of halogens is 3. The van der Waals surface area contributed by atoms with Crippen LogP contribution in [0, 0.1) is 11.3 Å². The molecule has 6 rings (SSSR count). The molecule has 2 aliphatic heterocycles. The third-order valence-corrected chi connectivity index (χ3v) is 10.6. The second-order valence-electron chi connectivity index (χ2n) is 13.5. The van der Waals surface area contributed by atoms with Gasteiger partial charge >= 0.3 is 0 Å². The van der Waals surface area contributed by atoms with Gasteiger partial charge in [0.2, 0.25) is 17.7 Å². The SMILES string of the molecule is CC(=O)c1nn2c3c(cc(NCC4CCCC(F)(F)C4)cc13)CCCCCCC(=O)NC[C@@]13C[C@@H](C(=O)NBr)N(C(=O)C2)[C@@H]1C3. The van der Waals surface area contributed by atoms with Gasteiger partial charge in [0.05, 0.1) is 5.52 Å². The molecule has 2 aromatic rings. The van der Waals surface area contributed by atoms with E-state index >= 15 is 0 Å².